The molecule has 2 heterocycles. The molecule has 3 N–H and O–H groups in total. The number of nitrogens with one attached hydrogen (secondary N) is 1. The van der Waals surface area contributed by atoms with Gasteiger partial charge in [-0.1, -0.05) is 6.07 Å². The zero-order valence-corrected chi connectivity index (χ0v) is 13.8. The average molecular weight is 317 g/mol. The monoisotopic (exact) mass is 317 g/mol. The number of hydrogen-bond donors (Lipinski definition) is 2. The van der Waals surface area contributed by atoms with E-state index in [1.807, 2.05) is 6.92 Å². The summed E-state index contributed by atoms with van der Waals surface area (Å²) in [6, 6.07) is 1.54. The molecule has 0 saturated heterocycles. The van der Waals surface area contributed by atoms with E-state index in [0.717, 1.165) is 29.0 Å². The van der Waals surface area contributed by atoms with Gasteiger partial charge in [0.05, 0.1) is 24.3 Å². The van der Waals surface area contributed by atoms with Crippen molar-refractivity contribution in [3.63, 3.8) is 0 Å². The number of rotatable bonds is 3. The maximum absolute atomic E-state index is 12.6. The lowest BCUT2D eigenvalue weighted by Crippen LogP contribution is -2.47. The molecule has 0 radical (unpaired) electrons. The predicted molar refractivity (Wildman–Crippen MR) is 87.6 cm³/mol. The first-order valence-corrected chi connectivity index (χ1v) is 7.99. The molecule has 1 unspecified atom stereocenters. The number of fused-ring (bicyclic) bond motifs is 3. The van der Waals surface area contributed by atoms with E-state index in [2.05, 4.69) is 11.4 Å². The molecular weight excluding hydrogens is 294 g/mol. The molecular formula is C17H23N3O3. The smallest absolute Gasteiger partial charge is 0.236 e. The topological polar surface area (TPSA) is 84.7 Å². The van der Waals surface area contributed by atoms with Crippen LogP contribution in [0.5, 0.6) is 5.75 Å². The van der Waals surface area contributed by atoms with Crippen LogP contribution in [0.1, 0.15) is 23.6 Å². The van der Waals surface area contributed by atoms with Gasteiger partial charge < -0.3 is 20.7 Å². The highest BCUT2D eigenvalue weighted by molar-refractivity contribution is 5.99. The van der Waals surface area contributed by atoms with Gasteiger partial charge >= 0.3 is 0 Å². The Morgan fingerprint density at radius 3 is 3.00 bits per heavy atom. The lowest BCUT2D eigenvalue weighted by atomic mass is 9.87. The first kappa shape index (κ1) is 15.8. The van der Waals surface area contributed by atoms with E-state index in [1.54, 1.807) is 18.9 Å². The molecule has 3 rings (SSSR count). The summed E-state index contributed by atoms with van der Waals surface area (Å²) in [6.07, 6.45) is 1.49. The molecule has 0 spiro atoms. The van der Waals surface area contributed by atoms with E-state index >= 15 is 0 Å². The van der Waals surface area contributed by atoms with Crippen LogP contribution in [0.3, 0.4) is 0 Å². The Bertz CT molecular complexity index is 670. The third-order valence-electron chi connectivity index (χ3n) is 4.64. The summed E-state index contributed by atoms with van der Waals surface area (Å²) in [4.78, 5) is 26.0. The molecule has 2 aliphatic heterocycles. The number of amides is 2. The molecule has 124 valence electrons. The van der Waals surface area contributed by atoms with Crippen LogP contribution < -0.4 is 20.7 Å². The number of nitrogens with zero attached hydrogens (tertiary/aromatic N) is 1. The Morgan fingerprint density at radius 2 is 2.30 bits per heavy atom. The van der Waals surface area contributed by atoms with Crippen molar-refractivity contribution in [3.05, 3.63) is 22.8 Å². The quantitative estimate of drug-likeness (QED) is 0.851. The van der Waals surface area contributed by atoms with E-state index in [4.69, 9.17) is 10.5 Å². The molecule has 2 atom stereocenters. The van der Waals surface area contributed by atoms with Gasteiger partial charge in [0, 0.05) is 25.6 Å². The van der Waals surface area contributed by atoms with Crippen molar-refractivity contribution in [2.24, 2.45) is 11.7 Å². The fraction of sp³-hybridized carbons (Fsp3) is 0.529. The van der Waals surface area contributed by atoms with Crippen molar-refractivity contribution in [1.82, 2.24) is 5.32 Å². The largest absolute Gasteiger partial charge is 0.493 e. The van der Waals surface area contributed by atoms with Crippen molar-refractivity contribution in [1.29, 1.82) is 0 Å². The van der Waals surface area contributed by atoms with Gasteiger partial charge in [0.1, 0.15) is 5.75 Å². The number of aryl methyl sites for hydroxylation is 1. The molecule has 0 fully saturated rings. The number of benzene rings is 1. The molecule has 0 bridgehead atoms. The highest BCUT2D eigenvalue weighted by Crippen LogP contribution is 2.43. The van der Waals surface area contributed by atoms with Crippen LogP contribution in [0, 0.1) is 12.8 Å². The van der Waals surface area contributed by atoms with Gasteiger partial charge in [-0.2, -0.15) is 0 Å². The molecule has 1 aromatic rings. The number of carbonyl (C=O) groups is 2. The Morgan fingerprint density at radius 1 is 1.57 bits per heavy atom. The molecule has 0 aromatic heterocycles. The second-order valence-electron chi connectivity index (χ2n) is 6.44. The number of nitrogens with two attached hydrogens (primary N) is 1. The summed E-state index contributed by atoms with van der Waals surface area (Å²) in [5.74, 6) is 0.416. The first-order valence-electron chi connectivity index (χ1n) is 7.99. The van der Waals surface area contributed by atoms with Crippen molar-refractivity contribution in [2.45, 2.75) is 32.7 Å². The molecule has 6 heteroatoms. The minimum absolute atomic E-state index is 0.0171. The van der Waals surface area contributed by atoms with E-state index in [9.17, 15) is 9.59 Å². The van der Waals surface area contributed by atoms with Gasteiger partial charge in [-0.05, 0) is 31.4 Å². The maximum Gasteiger partial charge on any atom is 0.236 e. The summed E-state index contributed by atoms with van der Waals surface area (Å²) in [5, 5.41) is 2.76. The van der Waals surface area contributed by atoms with Gasteiger partial charge in [-0.25, -0.2) is 0 Å². The van der Waals surface area contributed by atoms with Gasteiger partial charge in [0.25, 0.3) is 0 Å². The number of hydrogen-bond acceptors (Lipinski definition) is 4. The van der Waals surface area contributed by atoms with Crippen LogP contribution in [-0.4, -0.2) is 38.1 Å². The van der Waals surface area contributed by atoms with Crippen LogP contribution in [0.25, 0.3) is 0 Å². The second-order valence-corrected chi connectivity index (χ2v) is 6.44. The third-order valence-corrected chi connectivity index (χ3v) is 4.64. The maximum atomic E-state index is 12.6. The summed E-state index contributed by atoms with van der Waals surface area (Å²) >= 11 is 0. The Hall–Kier alpha value is -2.08. The Kier molecular flexibility index (Phi) is 4.02. The summed E-state index contributed by atoms with van der Waals surface area (Å²) in [7, 11) is 1.79. The molecule has 2 aliphatic rings. The molecule has 6 nitrogen and oxygen atoms in total. The Labute approximate surface area is 136 Å². The van der Waals surface area contributed by atoms with Gasteiger partial charge in [0.2, 0.25) is 11.8 Å². The Balaban J connectivity index is 1.89. The van der Waals surface area contributed by atoms with Gasteiger partial charge in [0.15, 0.2) is 0 Å². The molecule has 23 heavy (non-hydrogen) atoms. The molecule has 0 aliphatic carbocycles. The normalized spacial score (nSPS) is 20.6. The fourth-order valence-corrected chi connectivity index (χ4v) is 3.48. The third kappa shape index (κ3) is 2.67. The van der Waals surface area contributed by atoms with Gasteiger partial charge in [-0.15, -0.1) is 0 Å². The average Bonchev–Trinajstić information content (AvgIpc) is 2.96. The van der Waals surface area contributed by atoms with Crippen molar-refractivity contribution >= 4 is 17.5 Å². The fourth-order valence-electron chi connectivity index (χ4n) is 3.48. The highest BCUT2D eigenvalue weighted by Gasteiger charge is 2.35. The minimum atomic E-state index is -0.575. The van der Waals surface area contributed by atoms with Crippen LogP contribution in [0.15, 0.2) is 6.07 Å². The SMILES string of the molecule is Cc1cc2c(c3c1N(C)C(=O)C(CNC(=O)[C@H](C)N)C3)OCC2. The van der Waals surface area contributed by atoms with Crippen LogP contribution in [-0.2, 0) is 22.4 Å². The van der Waals surface area contributed by atoms with E-state index < -0.39 is 6.04 Å². The minimum Gasteiger partial charge on any atom is -0.493 e. The van der Waals surface area contributed by atoms with Crippen LogP contribution in [0.2, 0.25) is 0 Å². The molecule has 0 saturated carbocycles. The second kappa shape index (κ2) is 5.85. The lowest BCUT2D eigenvalue weighted by Gasteiger charge is -2.34. The summed E-state index contributed by atoms with van der Waals surface area (Å²) in [6.45, 7) is 4.64. The first-order chi connectivity index (χ1) is 10.9. The van der Waals surface area contributed by atoms with E-state index in [0.29, 0.717) is 19.6 Å². The number of carbonyl (C=O) groups excluding carboxylic acids is 2. The zero-order chi connectivity index (χ0) is 16.7. The summed E-state index contributed by atoms with van der Waals surface area (Å²) in [5.41, 5.74) is 9.89. The number of ether oxygens (including phenoxy) is 1. The van der Waals surface area contributed by atoms with Crippen LogP contribution >= 0.6 is 0 Å². The van der Waals surface area contributed by atoms with Crippen molar-refractivity contribution < 1.29 is 14.3 Å². The number of anilines is 1. The summed E-state index contributed by atoms with van der Waals surface area (Å²) < 4.78 is 5.80. The highest BCUT2D eigenvalue weighted by atomic mass is 16.5. The van der Waals surface area contributed by atoms with Gasteiger partial charge in [-0.3, -0.25) is 9.59 Å². The molecule has 1 aromatic carbocycles. The lowest BCUT2D eigenvalue weighted by molar-refractivity contribution is -0.124. The standard InChI is InChI=1S/C17H23N3O3/c1-9-6-11-4-5-23-15(11)13-7-12(8-19-16(21)10(2)18)17(22)20(3)14(9)13/h6,10,12H,4-5,7-8,18H2,1-3H3,(H,19,21)/t10-,12?/m0/s1. The van der Waals surface area contributed by atoms with Crippen molar-refractivity contribution in [2.75, 3.05) is 25.1 Å². The van der Waals surface area contributed by atoms with E-state index in [1.165, 1.54) is 5.56 Å². The van der Waals surface area contributed by atoms with Crippen LogP contribution in [0.4, 0.5) is 5.69 Å². The predicted octanol–water partition coefficient (Wildman–Crippen LogP) is 0.528. The zero-order valence-electron chi connectivity index (χ0n) is 13.8. The van der Waals surface area contributed by atoms with Crippen molar-refractivity contribution in [3.8, 4) is 5.75 Å². The van der Waals surface area contributed by atoms with E-state index in [-0.39, 0.29) is 17.7 Å². The molecule has 2 amide bonds.